The molecule has 2 rings (SSSR count). The van der Waals surface area contributed by atoms with Crippen LogP contribution < -0.4 is 10.1 Å². The highest BCUT2D eigenvalue weighted by Crippen LogP contribution is 2.30. The second-order valence-electron chi connectivity index (χ2n) is 4.52. The summed E-state index contributed by atoms with van der Waals surface area (Å²) in [5.41, 5.74) is 2.17. The molecule has 0 aliphatic rings. The van der Waals surface area contributed by atoms with Gasteiger partial charge in [0.25, 0.3) is 0 Å². The first-order valence-electron chi connectivity index (χ1n) is 6.39. The topological polar surface area (TPSA) is 21.3 Å². The lowest BCUT2D eigenvalue weighted by molar-refractivity contribution is 0.406. The molecular weight excluding hydrogens is 293 g/mol. The van der Waals surface area contributed by atoms with Gasteiger partial charge in [-0.1, -0.05) is 47.5 Å². The SMILES string of the molecule is CNC(Cc1ccccc1OC)c1ccc(Cl)cc1Cl. The molecule has 4 heteroatoms. The van der Waals surface area contributed by atoms with E-state index in [0.717, 1.165) is 23.3 Å². The van der Waals surface area contributed by atoms with Crippen LogP contribution in [0.2, 0.25) is 10.0 Å². The lowest BCUT2D eigenvalue weighted by atomic mass is 9.98. The van der Waals surface area contributed by atoms with Gasteiger partial charge in [0, 0.05) is 16.1 Å². The largest absolute Gasteiger partial charge is 0.496 e. The molecule has 0 aliphatic carbocycles. The van der Waals surface area contributed by atoms with Crippen molar-refractivity contribution in [2.45, 2.75) is 12.5 Å². The molecule has 2 nitrogen and oxygen atoms in total. The van der Waals surface area contributed by atoms with Crippen LogP contribution in [-0.4, -0.2) is 14.2 Å². The first kappa shape index (κ1) is 15.2. The molecule has 0 fully saturated rings. The molecule has 1 unspecified atom stereocenters. The molecule has 0 heterocycles. The van der Waals surface area contributed by atoms with Gasteiger partial charge in [-0.15, -0.1) is 0 Å². The van der Waals surface area contributed by atoms with Crippen LogP contribution in [0.25, 0.3) is 0 Å². The minimum absolute atomic E-state index is 0.107. The maximum absolute atomic E-state index is 6.29. The van der Waals surface area contributed by atoms with Crippen LogP contribution in [0.1, 0.15) is 17.2 Å². The van der Waals surface area contributed by atoms with Crippen molar-refractivity contribution in [3.63, 3.8) is 0 Å². The molecule has 0 saturated heterocycles. The van der Waals surface area contributed by atoms with Crippen molar-refractivity contribution in [1.82, 2.24) is 5.32 Å². The van der Waals surface area contributed by atoms with E-state index >= 15 is 0 Å². The number of likely N-dealkylation sites (N-methyl/N-ethyl adjacent to an activating group) is 1. The molecule has 2 aromatic rings. The Hall–Kier alpha value is -1.22. The summed E-state index contributed by atoms with van der Waals surface area (Å²) in [4.78, 5) is 0. The van der Waals surface area contributed by atoms with Crippen LogP contribution >= 0.6 is 23.2 Å². The molecule has 2 aromatic carbocycles. The number of rotatable bonds is 5. The molecule has 0 radical (unpaired) electrons. The third kappa shape index (κ3) is 3.45. The standard InChI is InChI=1S/C16H17Cl2NO/c1-19-15(13-8-7-12(17)10-14(13)18)9-11-5-3-4-6-16(11)20-2/h3-8,10,15,19H,9H2,1-2H3. The van der Waals surface area contributed by atoms with Gasteiger partial charge >= 0.3 is 0 Å². The van der Waals surface area contributed by atoms with E-state index in [4.69, 9.17) is 27.9 Å². The smallest absolute Gasteiger partial charge is 0.122 e. The van der Waals surface area contributed by atoms with Gasteiger partial charge in [-0.25, -0.2) is 0 Å². The van der Waals surface area contributed by atoms with E-state index < -0.39 is 0 Å². The van der Waals surface area contributed by atoms with Gasteiger partial charge < -0.3 is 10.1 Å². The fourth-order valence-electron chi connectivity index (χ4n) is 2.24. The molecule has 106 valence electrons. The summed E-state index contributed by atoms with van der Waals surface area (Å²) in [6, 6.07) is 13.7. The zero-order valence-corrected chi connectivity index (χ0v) is 13.0. The third-order valence-corrected chi connectivity index (χ3v) is 3.87. The Morgan fingerprint density at radius 3 is 2.55 bits per heavy atom. The fraction of sp³-hybridized carbons (Fsp3) is 0.250. The molecule has 0 aliphatic heterocycles. The Bertz CT molecular complexity index is 586. The van der Waals surface area contributed by atoms with Crippen molar-refractivity contribution in [2.75, 3.05) is 14.2 Å². The molecule has 0 bridgehead atoms. The number of hydrogen-bond donors (Lipinski definition) is 1. The van der Waals surface area contributed by atoms with Crippen molar-refractivity contribution in [3.8, 4) is 5.75 Å². The summed E-state index contributed by atoms with van der Waals surface area (Å²) in [7, 11) is 3.60. The van der Waals surface area contributed by atoms with Crippen LogP contribution in [0.5, 0.6) is 5.75 Å². The van der Waals surface area contributed by atoms with Gasteiger partial charge in [-0.3, -0.25) is 0 Å². The average molecular weight is 310 g/mol. The summed E-state index contributed by atoms with van der Waals surface area (Å²) < 4.78 is 5.39. The van der Waals surface area contributed by atoms with Gasteiger partial charge in [0.15, 0.2) is 0 Å². The Morgan fingerprint density at radius 2 is 1.90 bits per heavy atom. The van der Waals surface area contributed by atoms with E-state index in [9.17, 15) is 0 Å². The summed E-state index contributed by atoms with van der Waals surface area (Å²) >= 11 is 12.2. The highest BCUT2D eigenvalue weighted by molar-refractivity contribution is 6.35. The Kier molecular flexibility index (Phi) is 5.30. The van der Waals surface area contributed by atoms with Crippen molar-refractivity contribution in [1.29, 1.82) is 0 Å². The van der Waals surface area contributed by atoms with E-state index in [0.29, 0.717) is 10.0 Å². The molecule has 0 aromatic heterocycles. The molecule has 0 saturated carbocycles. The fourth-order valence-corrected chi connectivity index (χ4v) is 2.78. The zero-order valence-electron chi connectivity index (χ0n) is 11.5. The van der Waals surface area contributed by atoms with E-state index in [1.165, 1.54) is 0 Å². The predicted molar refractivity (Wildman–Crippen MR) is 85.0 cm³/mol. The second kappa shape index (κ2) is 6.98. The van der Waals surface area contributed by atoms with Gasteiger partial charge in [-0.05, 0) is 42.8 Å². The van der Waals surface area contributed by atoms with Crippen LogP contribution in [0.15, 0.2) is 42.5 Å². The van der Waals surface area contributed by atoms with E-state index in [1.807, 2.05) is 37.4 Å². The molecule has 1 atom stereocenters. The van der Waals surface area contributed by atoms with Crippen molar-refractivity contribution in [2.24, 2.45) is 0 Å². The first-order valence-corrected chi connectivity index (χ1v) is 7.15. The second-order valence-corrected chi connectivity index (χ2v) is 5.37. The molecular formula is C16H17Cl2NO. The summed E-state index contributed by atoms with van der Waals surface area (Å²) in [5, 5.41) is 4.61. The van der Waals surface area contributed by atoms with Crippen LogP contribution in [0, 0.1) is 0 Å². The van der Waals surface area contributed by atoms with E-state index in [2.05, 4.69) is 11.4 Å². The number of nitrogens with one attached hydrogen (secondary N) is 1. The molecule has 0 amide bonds. The van der Waals surface area contributed by atoms with Crippen LogP contribution in [0.4, 0.5) is 0 Å². The number of halogens is 2. The number of methoxy groups -OCH3 is 1. The van der Waals surface area contributed by atoms with Gasteiger partial charge in [0.2, 0.25) is 0 Å². The maximum Gasteiger partial charge on any atom is 0.122 e. The van der Waals surface area contributed by atoms with Crippen molar-refractivity contribution in [3.05, 3.63) is 63.6 Å². The Balaban J connectivity index is 2.29. The minimum Gasteiger partial charge on any atom is -0.496 e. The van der Waals surface area contributed by atoms with Gasteiger partial charge in [0.1, 0.15) is 5.75 Å². The Labute approximate surface area is 129 Å². The quantitative estimate of drug-likeness (QED) is 0.877. The van der Waals surface area contributed by atoms with Crippen LogP contribution in [0.3, 0.4) is 0 Å². The van der Waals surface area contributed by atoms with Gasteiger partial charge in [0.05, 0.1) is 7.11 Å². The lowest BCUT2D eigenvalue weighted by Crippen LogP contribution is -2.19. The monoisotopic (exact) mass is 309 g/mol. The normalized spacial score (nSPS) is 12.2. The van der Waals surface area contributed by atoms with Crippen LogP contribution in [-0.2, 0) is 6.42 Å². The van der Waals surface area contributed by atoms with E-state index in [1.54, 1.807) is 13.2 Å². The lowest BCUT2D eigenvalue weighted by Gasteiger charge is -2.19. The number of hydrogen-bond acceptors (Lipinski definition) is 2. The number of para-hydroxylation sites is 1. The molecule has 0 spiro atoms. The Morgan fingerprint density at radius 1 is 1.15 bits per heavy atom. The van der Waals surface area contributed by atoms with Crippen molar-refractivity contribution < 1.29 is 4.74 Å². The number of benzene rings is 2. The summed E-state index contributed by atoms with van der Waals surface area (Å²) in [6.07, 6.45) is 0.794. The predicted octanol–water partition coefficient (Wildman–Crippen LogP) is 4.51. The van der Waals surface area contributed by atoms with Gasteiger partial charge in [-0.2, -0.15) is 0 Å². The van der Waals surface area contributed by atoms with E-state index in [-0.39, 0.29) is 6.04 Å². The molecule has 20 heavy (non-hydrogen) atoms. The zero-order chi connectivity index (χ0) is 14.5. The first-order chi connectivity index (χ1) is 9.65. The summed E-state index contributed by atoms with van der Waals surface area (Å²) in [5.74, 6) is 0.887. The maximum atomic E-state index is 6.29. The third-order valence-electron chi connectivity index (χ3n) is 3.30. The number of ether oxygens (including phenoxy) is 1. The highest BCUT2D eigenvalue weighted by atomic mass is 35.5. The molecule has 1 N–H and O–H groups in total. The average Bonchev–Trinajstić information content (AvgIpc) is 2.46. The minimum atomic E-state index is 0.107. The highest BCUT2D eigenvalue weighted by Gasteiger charge is 2.15. The van der Waals surface area contributed by atoms with Crippen molar-refractivity contribution >= 4 is 23.2 Å². The summed E-state index contributed by atoms with van der Waals surface area (Å²) in [6.45, 7) is 0.